The van der Waals surface area contributed by atoms with E-state index in [1.165, 1.54) is 6.42 Å². The Morgan fingerprint density at radius 3 is 1.80 bits per heavy atom. The van der Waals surface area contributed by atoms with Gasteiger partial charge in [0, 0.05) is 6.61 Å². The highest BCUT2D eigenvalue weighted by atomic mass is 16.3. The van der Waals surface area contributed by atoms with Gasteiger partial charge in [-0.3, -0.25) is 0 Å². The molecule has 1 heteroatoms. The molecule has 0 aromatic heterocycles. The van der Waals surface area contributed by atoms with Crippen LogP contribution in [-0.4, -0.2) is 11.7 Å². The fourth-order valence-electron chi connectivity index (χ4n) is 1.35. The topological polar surface area (TPSA) is 20.2 Å². The molecule has 0 aromatic rings. The molecule has 0 spiro atoms. The molecule has 0 heterocycles. The van der Waals surface area contributed by atoms with Gasteiger partial charge in [0.15, 0.2) is 0 Å². The van der Waals surface area contributed by atoms with Gasteiger partial charge in [-0.2, -0.15) is 0 Å². The predicted octanol–water partition coefficient (Wildman–Crippen LogP) is 2.30. The second-order valence-electron chi connectivity index (χ2n) is 3.48. The standard InChI is InChI=1S/C9H20O/c1-5-8(4)9(6-10)7(2)3/h7-10H,5-6H2,1-4H3/t8-,9-/m1/s1. The summed E-state index contributed by atoms with van der Waals surface area (Å²) >= 11 is 0. The third-order valence-corrected chi connectivity index (χ3v) is 2.44. The summed E-state index contributed by atoms with van der Waals surface area (Å²) in [4.78, 5) is 0. The minimum Gasteiger partial charge on any atom is -0.396 e. The second kappa shape index (κ2) is 4.73. The molecule has 0 saturated heterocycles. The Kier molecular flexibility index (Phi) is 4.71. The minimum absolute atomic E-state index is 0.340. The summed E-state index contributed by atoms with van der Waals surface area (Å²) in [7, 11) is 0. The Morgan fingerprint density at radius 2 is 1.70 bits per heavy atom. The average molecular weight is 144 g/mol. The maximum absolute atomic E-state index is 9.00. The van der Waals surface area contributed by atoms with Crippen molar-refractivity contribution in [3.05, 3.63) is 0 Å². The van der Waals surface area contributed by atoms with Gasteiger partial charge in [0.2, 0.25) is 0 Å². The monoisotopic (exact) mass is 144 g/mol. The van der Waals surface area contributed by atoms with Gasteiger partial charge in [0.05, 0.1) is 0 Å². The molecular weight excluding hydrogens is 124 g/mol. The number of aliphatic hydroxyl groups excluding tert-OH is 1. The van der Waals surface area contributed by atoms with Crippen molar-refractivity contribution >= 4 is 0 Å². The van der Waals surface area contributed by atoms with Crippen molar-refractivity contribution in [1.82, 2.24) is 0 Å². The molecule has 0 rings (SSSR count). The van der Waals surface area contributed by atoms with Gasteiger partial charge in [-0.25, -0.2) is 0 Å². The lowest BCUT2D eigenvalue weighted by atomic mass is 9.84. The molecular formula is C9H20O. The molecule has 2 atom stereocenters. The minimum atomic E-state index is 0.340. The Morgan fingerprint density at radius 1 is 1.20 bits per heavy atom. The summed E-state index contributed by atoms with van der Waals surface area (Å²) in [6.07, 6.45) is 1.17. The van der Waals surface area contributed by atoms with E-state index in [0.29, 0.717) is 24.4 Å². The van der Waals surface area contributed by atoms with Crippen molar-refractivity contribution in [1.29, 1.82) is 0 Å². The van der Waals surface area contributed by atoms with Crippen LogP contribution in [0, 0.1) is 17.8 Å². The Balaban J connectivity index is 3.80. The van der Waals surface area contributed by atoms with Crippen LogP contribution in [-0.2, 0) is 0 Å². The highest BCUT2D eigenvalue weighted by Gasteiger charge is 2.17. The molecule has 0 aliphatic carbocycles. The summed E-state index contributed by atoms with van der Waals surface area (Å²) in [6.45, 7) is 9.07. The number of aliphatic hydroxyl groups is 1. The Labute approximate surface area is 64.5 Å². The maximum Gasteiger partial charge on any atom is 0.0464 e. The van der Waals surface area contributed by atoms with Crippen molar-refractivity contribution in [2.24, 2.45) is 17.8 Å². The lowest BCUT2D eigenvalue weighted by Crippen LogP contribution is -2.20. The highest BCUT2D eigenvalue weighted by molar-refractivity contribution is 4.67. The van der Waals surface area contributed by atoms with Crippen LogP contribution >= 0.6 is 0 Å². The molecule has 0 saturated carbocycles. The van der Waals surface area contributed by atoms with Gasteiger partial charge in [-0.05, 0) is 17.8 Å². The molecule has 0 aromatic carbocycles. The van der Waals surface area contributed by atoms with Crippen LogP contribution in [0.4, 0.5) is 0 Å². The molecule has 0 bridgehead atoms. The zero-order chi connectivity index (χ0) is 8.15. The quantitative estimate of drug-likeness (QED) is 0.642. The van der Waals surface area contributed by atoms with Crippen LogP contribution in [0.2, 0.25) is 0 Å². The summed E-state index contributed by atoms with van der Waals surface area (Å²) in [5, 5.41) is 9.00. The average Bonchev–Trinajstić information content (AvgIpc) is 1.88. The van der Waals surface area contributed by atoms with E-state index >= 15 is 0 Å². The maximum atomic E-state index is 9.00. The van der Waals surface area contributed by atoms with Gasteiger partial charge in [0.1, 0.15) is 0 Å². The molecule has 0 aliphatic heterocycles. The zero-order valence-electron chi connectivity index (χ0n) is 7.59. The highest BCUT2D eigenvalue weighted by Crippen LogP contribution is 2.22. The van der Waals surface area contributed by atoms with Gasteiger partial charge >= 0.3 is 0 Å². The van der Waals surface area contributed by atoms with Gasteiger partial charge in [-0.1, -0.05) is 34.1 Å². The van der Waals surface area contributed by atoms with Crippen molar-refractivity contribution in [3.8, 4) is 0 Å². The van der Waals surface area contributed by atoms with E-state index in [0.717, 1.165) is 0 Å². The van der Waals surface area contributed by atoms with Crippen LogP contribution in [0.15, 0.2) is 0 Å². The van der Waals surface area contributed by atoms with Gasteiger partial charge in [-0.15, -0.1) is 0 Å². The molecule has 1 N–H and O–H groups in total. The summed E-state index contributed by atoms with van der Waals surface area (Å²) in [5.41, 5.74) is 0. The van der Waals surface area contributed by atoms with E-state index in [1.807, 2.05) is 0 Å². The van der Waals surface area contributed by atoms with Crippen LogP contribution < -0.4 is 0 Å². The van der Waals surface area contributed by atoms with E-state index in [-0.39, 0.29) is 0 Å². The lowest BCUT2D eigenvalue weighted by molar-refractivity contribution is 0.140. The van der Waals surface area contributed by atoms with Crippen LogP contribution in [0.3, 0.4) is 0 Å². The predicted molar refractivity (Wildman–Crippen MR) is 44.9 cm³/mol. The van der Waals surface area contributed by atoms with Crippen molar-refractivity contribution in [2.45, 2.75) is 34.1 Å². The van der Waals surface area contributed by atoms with E-state index < -0.39 is 0 Å². The molecule has 0 unspecified atom stereocenters. The zero-order valence-corrected chi connectivity index (χ0v) is 7.59. The first kappa shape index (κ1) is 9.96. The SMILES string of the molecule is CC[C@@H](C)[C@H](CO)C(C)C. The third kappa shape index (κ3) is 2.70. The first-order valence-corrected chi connectivity index (χ1v) is 4.24. The number of rotatable bonds is 4. The molecule has 62 valence electrons. The molecule has 0 amide bonds. The molecule has 0 aliphatic rings. The first-order chi connectivity index (χ1) is 4.63. The van der Waals surface area contributed by atoms with E-state index in [1.54, 1.807) is 0 Å². The summed E-state index contributed by atoms with van der Waals surface area (Å²) < 4.78 is 0. The van der Waals surface area contributed by atoms with Crippen LogP contribution in [0.25, 0.3) is 0 Å². The largest absolute Gasteiger partial charge is 0.396 e. The number of hydrogen-bond acceptors (Lipinski definition) is 1. The second-order valence-corrected chi connectivity index (χ2v) is 3.48. The van der Waals surface area contributed by atoms with Gasteiger partial charge < -0.3 is 5.11 Å². The fraction of sp³-hybridized carbons (Fsp3) is 1.00. The molecule has 0 radical (unpaired) electrons. The fourth-order valence-corrected chi connectivity index (χ4v) is 1.35. The molecule has 10 heavy (non-hydrogen) atoms. The summed E-state index contributed by atoms with van der Waals surface area (Å²) in [6, 6.07) is 0. The summed E-state index contributed by atoms with van der Waals surface area (Å²) in [5.74, 6) is 1.76. The smallest absolute Gasteiger partial charge is 0.0464 e. The van der Waals surface area contributed by atoms with Crippen LogP contribution in [0.1, 0.15) is 34.1 Å². The van der Waals surface area contributed by atoms with E-state index in [9.17, 15) is 0 Å². The van der Waals surface area contributed by atoms with Crippen molar-refractivity contribution in [3.63, 3.8) is 0 Å². The van der Waals surface area contributed by atoms with E-state index in [2.05, 4.69) is 27.7 Å². The third-order valence-electron chi connectivity index (χ3n) is 2.44. The first-order valence-electron chi connectivity index (χ1n) is 4.24. The van der Waals surface area contributed by atoms with Crippen molar-refractivity contribution in [2.75, 3.05) is 6.61 Å². The normalized spacial score (nSPS) is 17.4. The Bertz CT molecular complexity index is 78.8. The van der Waals surface area contributed by atoms with Gasteiger partial charge in [0.25, 0.3) is 0 Å². The molecule has 1 nitrogen and oxygen atoms in total. The van der Waals surface area contributed by atoms with E-state index in [4.69, 9.17) is 5.11 Å². The number of hydrogen-bond donors (Lipinski definition) is 1. The Hall–Kier alpha value is -0.0400. The lowest BCUT2D eigenvalue weighted by Gasteiger charge is -2.24. The van der Waals surface area contributed by atoms with Crippen molar-refractivity contribution < 1.29 is 5.11 Å². The molecule has 0 fully saturated rings. The van der Waals surface area contributed by atoms with Crippen LogP contribution in [0.5, 0.6) is 0 Å².